The third-order valence-electron chi connectivity index (χ3n) is 5.10. The summed E-state index contributed by atoms with van der Waals surface area (Å²) in [7, 11) is 0. The molecule has 0 saturated heterocycles. The van der Waals surface area contributed by atoms with Gasteiger partial charge in [0.1, 0.15) is 5.75 Å². The summed E-state index contributed by atoms with van der Waals surface area (Å²) in [4.78, 5) is 31.5. The zero-order chi connectivity index (χ0) is 22.7. The normalized spacial score (nSPS) is 15.8. The lowest BCUT2D eigenvalue weighted by Crippen LogP contribution is -2.39. The quantitative estimate of drug-likeness (QED) is 0.543. The van der Waals surface area contributed by atoms with E-state index in [2.05, 4.69) is 4.99 Å². The number of carbonyl (C=O) groups excluding carboxylic acids is 1. The summed E-state index contributed by atoms with van der Waals surface area (Å²) in [6, 6.07) is 16.5. The van der Waals surface area contributed by atoms with E-state index in [-0.39, 0.29) is 12.2 Å². The number of hydrogen-bond acceptors (Lipinski definition) is 6. The number of allylic oxidation sites excluding steroid dienone is 1. The average molecular weight is 449 g/mol. The summed E-state index contributed by atoms with van der Waals surface area (Å²) in [5.41, 5.74) is 2.44. The van der Waals surface area contributed by atoms with Crippen molar-refractivity contribution in [3.05, 3.63) is 96.7 Å². The van der Waals surface area contributed by atoms with Crippen molar-refractivity contribution in [1.82, 2.24) is 4.57 Å². The van der Waals surface area contributed by atoms with E-state index >= 15 is 0 Å². The van der Waals surface area contributed by atoms with Crippen LogP contribution in [0, 0.1) is 0 Å². The van der Waals surface area contributed by atoms with E-state index in [4.69, 9.17) is 9.47 Å². The molecule has 2 aromatic carbocycles. The first-order valence-corrected chi connectivity index (χ1v) is 11.3. The Bertz CT molecular complexity index is 1350. The number of fused-ring (bicyclic) bond motifs is 1. The molecule has 0 bridgehead atoms. The fraction of sp³-hybridized carbons (Fsp3) is 0.240. The molecule has 0 saturated carbocycles. The van der Waals surface area contributed by atoms with Crippen molar-refractivity contribution in [2.24, 2.45) is 4.99 Å². The largest absolute Gasteiger partial charge is 0.494 e. The minimum Gasteiger partial charge on any atom is -0.494 e. The van der Waals surface area contributed by atoms with Gasteiger partial charge in [0.25, 0.3) is 5.56 Å². The van der Waals surface area contributed by atoms with Crippen LogP contribution in [-0.4, -0.2) is 23.8 Å². The van der Waals surface area contributed by atoms with E-state index in [0.717, 1.165) is 16.9 Å². The van der Waals surface area contributed by atoms with Gasteiger partial charge in [0, 0.05) is 0 Å². The van der Waals surface area contributed by atoms with Crippen molar-refractivity contribution >= 4 is 23.4 Å². The predicted molar refractivity (Wildman–Crippen MR) is 124 cm³/mol. The minimum absolute atomic E-state index is 0.196. The van der Waals surface area contributed by atoms with Crippen molar-refractivity contribution in [2.75, 3.05) is 13.2 Å². The molecule has 3 aromatic rings. The topological polar surface area (TPSA) is 69.9 Å². The Kier molecular flexibility index (Phi) is 6.37. The molecule has 4 rings (SSSR count). The van der Waals surface area contributed by atoms with Gasteiger partial charge in [-0.2, -0.15) is 0 Å². The number of esters is 1. The van der Waals surface area contributed by atoms with Crippen molar-refractivity contribution in [1.29, 1.82) is 0 Å². The maximum absolute atomic E-state index is 13.5. The molecule has 1 aliphatic heterocycles. The summed E-state index contributed by atoms with van der Waals surface area (Å²) >= 11 is 1.31. The fourth-order valence-corrected chi connectivity index (χ4v) is 4.80. The molecule has 1 aromatic heterocycles. The number of benzene rings is 2. The van der Waals surface area contributed by atoms with Crippen LogP contribution in [0.25, 0.3) is 6.08 Å². The number of rotatable bonds is 6. The van der Waals surface area contributed by atoms with Gasteiger partial charge in [0.2, 0.25) is 0 Å². The zero-order valence-corrected chi connectivity index (χ0v) is 19.0. The summed E-state index contributed by atoms with van der Waals surface area (Å²) < 4.78 is 13.0. The van der Waals surface area contributed by atoms with E-state index in [1.807, 2.05) is 67.6 Å². The molecule has 7 heteroatoms. The van der Waals surface area contributed by atoms with Crippen LogP contribution in [0.5, 0.6) is 5.75 Å². The van der Waals surface area contributed by atoms with E-state index in [0.29, 0.717) is 27.2 Å². The van der Waals surface area contributed by atoms with Crippen molar-refractivity contribution < 1.29 is 14.3 Å². The minimum atomic E-state index is -0.594. The maximum Gasteiger partial charge on any atom is 0.338 e. The second kappa shape index (κ2) is 9.36. The average Bonchev–Trinajstić information content (AvgIpc) is 3.08. The number of aromatic nitrogens is 1. The molecule has 0 aliphatic carbocycles. The van der Waals surface area contributed by atoms with Crippen LogP contribution >= 0.6 is 11.3 Å². The highest BCUT2D eigenvalue weighted by molar-refractivity contribution is 7.07. The zero-order valence-electron chi connectivity index (χ0n) is 18.2. The van der Waals surface area contributed by atoms with Gasteiger partial charge >= 0.3 is 5.97 Å². The molecule has 0 amide bonds. The molecule has 0 spiro atoms. The van der Waals surface area contributed by atoms with Gasteiger partial charge in [0.15, 0.2) is 4.80 Å². The van der Waals surface area contributed by atoms with Gasteiger partial charge < -0.3 is 9.47 Å². The van der Waals surface area contributed by atoms with Crippen LogP contribution in [0.1, 0.15) is 37.9 Å². The lowest BCUT2D eigenvalue weighted by Gasteiger charge is -2.24. The van der Waals surface area contributed by atoms with Crippen molar-refractivity contribution in [3.8, 4) is 5.75 Å². The number of hydrogen-bond donors (Lipinski definition) is 0. The molecule has 0 unspecified atom stereocenters. The molecule has 0 N–H and O–H groups in total. The Morgan fingerprint density at radius 3 is 2.62 bits per heavy atom. The van der Waals surface area contributed by atoms with E-state index in [1.54, 1.807) is 18.4 Å². The fourth-order valence-electron chi connectivity index (χ4n) is 3.75. The van der Waals surface area contributed by atoms with Gasteiger partial charge in [-0.1, -0.05) is 53.8 Å². The van der Waals surface area contributed by atoms with Gasteiger partial charge in [-0.25, -0.2) is 9.79 Å². The Morgan fingerprint density at radius 2 is 1.91 bits per heavy atom. The molecule has 32 heavy (non-hydrogen) atoms. The molecule has 164 valence electrons. The van der Waals surface area contributed by atoms with E-state index < -0.39 is 12.0 Å². The third kappa shape index (κ3) is 4.16. The Morgan fingerprint density at radius 1 is 1.12 bits per heavy atom. The first kappa shape index (κ1) is 21.8. The highest BCUT2D eigenvalue weighted by atomic mass is 32.1. The highest BCUT2D eigenvalue weighted by Crippen LogP contribution is 2.30. The van der Waals surface area contributed by atoms with Gasteiger partial charge in [-0.15, -0.1) is 0 Å². The van der Waals surface area contributed by atoms with Crippen LogP contribution in [0.15, 0.2) is 75.7 Å². The smallest absolute Gasteiger partial charge is 0.338 e. The number of thiazole rings is 1. The number of ether oxygens (including phenoxy) is 2. The first-order chi connectivity index (χ1) is 15.5. The van der Waals surface area contributed by atoms with Gasteiger partial charge in [-0.3, -0.25) is 9.36 Å². The number of nitrogens with zero attached hydrogens (tertiary/aromatic N) is 2. The second-order valence-electron chi connectivity index (χ2n) is 7.22. The van der Waals surface area contributed by atoms with E-state index in [9.17, 15) is 9.59 Å². The lowest BCUT2D eigenvalue weighted by atomic mass is 9.96. The monoisotopic (exact) mass is 448 g/mol. The Labute approximate surface area is 189 Å². The SMILES string of the molecule is CCOC(=O)C1=C(C)N=c2s/c(=C\c3cccc(OCC)c3)c(=O)n2[C@@H]1c1ccccc1. The second-order valence-corrected chi connectivity index (χ2v) is 8.23. The summed E-state index contributed by atoms with van der Waals surface area (Å²) in [6.45, 7) is 6.29. The lowest BCUT2D eigenvalue weighted by molar-refractivity contribution is -0.139. The summed E-state index contributed by atoms with van der Waals surface area (Å²) in [5, 5.41) is 0. The van der Waals surface area contributed by atoms with Gasteiger partial charge in [-0.05, 0) is 50.1 Å². The molecule has 1 aliphatic rings. The standard InChI is InChI=1S/C25H24N2O4S/c1-4-30-19-13-9-10-17(14-19)15-20-23(28)27-22(18-11-7-6-8-12-18)21(24(29)31-5-2)16(3)26-25(27)32-20/h6-15,22H,4-5H2,1-3H3/b20-15-/t22-/m1/s1. The van der Waals surface area contributed by atoms with Gasteiger partial charge in [0.05, 0.1) is 35.1 Å². The molecule has 1 atom stereocenters. The molecule has 6 nitrogen and oxygen atoms in total. The summed E-state index contributed by atoms with van der Waals surface area (Å²) in [5.74, 6) is 0.290. The van der Waals surface area contributed by atoms with Crippen LogP contribution in [-0.2, 0) is 9.53 Å². The Balaban J connectivity index is 1.91. The predicted octanol–water partition coefficient (Wildman–Crippen LogP) is 3.20. The van der Waals surface area contributed by atoms with Crippen LogP contribution in [0.2, 0.25) is 0 Å². The third-order valence-corrected chi connectivity index (χ3v) is 6.08. The van der Waals surface area contributed by atoms with Crippen LogP contribution in [0.3, 0.4) is 0 Å². The number of carbonyl (C=O) groups is 1. The molecule has 0 fully saturated rings. The first-order valence-electron chi connectivity index (χ1n) is 10.5. The Hall–Kier alpha value is -3.45. The van der Waals surface area contributed by atoms with Crippen LogP contribution < -0.4 is 19.6 Å². The maximum atomic E-state index is 13.5. The molecule has 2 heterocycles. The molecule has 0 radical (unpaired) electrons. The highest BCUT2D eigenvalue weighted by Gasteiger charge is 2.33. The van der Waals surface area contributed by atoms with E-state index in [1.165, 1.54) is 11.3 Å². The van der Waals surface area contributed by atoms with Crippen LogP contribution in [0.4, 0.5) is 0 Å². The van der Waals surface area contributed by atoms with Crippen molar-refractivity contribution in [2.45, 2.75) is 26.8 Å². The summed E-state index contributed by atoms with van der Waals surface area (Å²) in [6.07, 6.45) is 1.83. The molecular formula is C25H24N2O4S. The molecular weight excluding hydrogens is 424 g/mol. The van der Waals surface area contributed by atoms with Crippen molar-refractivity contribution in [3.63, 3.8) is 0 Å².